The third-order valence-corrected chi connectivity index (χ3v) is 1.27. The minimum absolute atomic E-state index is 0.880. The van der Waals surface area contributed by atoms with Gasteiger partial charge >= 0.3 is 0 Å². The number of rotatable bonds is 4. The largest absolute Gasteiger partial charge is 0.403 e. The summed E-state index contributed by atoms with van der Waals surface area (Å²) in [7, 11) is 0. The molecule has 0 fully saturated rings. The Morgan fingerprint density at radius 1 is 1.07 bits per heavy atom. The van der Waals surface area contributed by atoms with Crippen LogP contribution >= 0.6 is 0 Å². The van der Waals surface area contributed by atoms with Gasteiger partial charge in [0.1, 0.15) is 0 Å². The molecule has 0 saturated carbocycles. The molecule has 0 spiro atoms. The van der Waals surface area contributed by atoms with Gasteiger partial charge in [0.25, 0.3) is 0 Å². The maximum atomic E-state index is 5.15. The molecule has 0 aliphatic heterocycles. The second-order valence-corrected chi connectivity index (χ2v) is 2.95. The molecule has 0 aromatic carbocycles. The Kier molecular flexibility index (Phi) is 29.7. The predicted octanol–water partition coefficient (Wildman–Crippen LogP) is 4.59. The molecule has 2 N–H and O–H groups in total. The van der Waals surface area contributed by atoms with Crippen LogP contribution in [0.15, 0.2) is 49.7 Å². The van der Waals surface area contributed by atoms with Crippen LogP contribution in [0.5, 0.6) is 0 Å². The molecule has 0 unspecified atom stereocenters. The monoisotopic (exact) mass is 209 g/mol. The van der Waals surface area contributed by atoms with Gasteiger partial charge in [0, 0.05) is 5.70 Å². The van der Waals surface area contributed by atoms with Crippen LogP contribution in [-0.2, 0) is 0 Å². The first-order valence-corrected chi connectivity index (χ1v) is 5.27. The smallest absolute Gasteiger partial charge is 0.000552 e. The molecular formula is C14H27N. The van der Waals surface area contributed by atoms with E-state index in [-0.39, 0.29) is 0 Å². The molecule has 0 rings (SSSR count). The number of hydrogen-bond donors (Lipinski definition) is 1. The van der Waals surface area contributed by atoms with Gasteiger partial charge in [0.15, 0.2) is 0 Å². The highest BCUT2D eigenvalue weighted by atomic mass is 14.5. The lowest BCUT2D eigenvalue weighted by atomic mass is 10.2. The van der Waals surface area contributed by atoms with Crippen molar-refractivity contribution < 1.29 is 0 Å². The Bertz CT molecular complexity index is 154. The molecule has 0 heterocycles. The van der Waals surface area contributed by atoms with Crippen molar-refractivity contribution in [3.8, 4) is 0 Å². The SMILES string of the molecule is C/C=C(\C)N.C=CC.C=CCCCC=C. The van der Waals surface area contributed by atoms with Gasteiger partial charge in [-0.1, -0.05) is 24.3 Å². The molecule has 15 heavy (non-hydrogen) atoms. The maximum absolute atomic E-state index is 5.15. The highest BCUT2D eigenvalue weighted by molar-refractivity contribution is 4.86. The van der Waals surface area contributed by atoms with Crippen molar-refractivity contribution in [2.24, 2.45) is 5.73 Å². The molecule has 88 valence electrons. The van der Waals surface area contributed by atoms with Crippen LogP contribution in [0, 0.1) is 0 Å². The molecule has 0 aliphatic carbocycles. The van der Waals surface area contributed by atoms with E-state index >= 15 is 0 Å². The van der Waals surface area contributed by atoms with Crippen LogP contribution in [0.2, 0.25) is 0 Å². The van der Waals surface area contributed by atoms with Gasteiger partial charge in [-0.05, 0) is 40.0 Å². The van der Waals surface area contributed by atoms with E-state index in [1.165, 1.54) is 6.42 Å². The Morgan fingerprint density at radius 3 is 1.47 bits per heavy atom. The minimum atomic E-state index is 0.880. The van der Waals surface area contributed by atoms with E-state index in [4.69, 9.17) is 5.73 Å². The first-order valence-electron chi connectivity index (χ1n) is 5.27. The molecule has 0 bridgehead atoms. The molecule has 1 heteroatoms. The third-order valence-electron chi connectivity index (χ3n) is 1.27. The van der Waals surface area contributed by atoms with Gasteiger partial charge < -0.3 is 5.73 Å². The average Bonchev–Trinajstić information content (AvgIpc) is 2.21. The van der Waals surface area contributed by atoms with E-state index in [2.05, 4.69) is 19.7 Å². The molecule has 0 aromatic rings. The van der Waals surface area contributed by atoms with Crippen molar-refractivity contribution >= 4 is 0 Å². The molecule has 0 atom stereocenters. The van der Waals surface area contributed by atoms with Crippen molar-refractivity contribution in [3.05, 3.63) is 49.7 Å². The highest BCUT2D eigenvalue weighted by Gasteiger charge is 1.74. The predicted molar refractivity (Wildman–Crippen MR) is 73.7 cm³/mol. The normalized spacial score (nSPS) is 8.60. The van der Waals surface area contributed by atoms with Crippen molar-refractivity contribution in [3.63, 3.8) is 0 Å². The van der Waals surface area contributed by atoms with Crippen molar-refractivity contribution in [1.82, 2.24) is 0 Å². The van der Waals surface area contributed by atoms with Crippen LogP contribution in [0.1, 0.15) is 40.0 Å². The second-order valence-electron chi connectivity index (χ2n) is 2.95. The van der Waals surface area contributed by atoms with E-state index in [0.29, 0.717) is 0 Å². The van der Waals surface area contributed by atoms with E-state index < -0.39 is 0 Å². The van der Waals surface area contributed by atoms with Crippen molar-refractivity contribution in [2.45, 2.75) is 40.0 Å². The molecule has 1 nitrogen and oxygen atoms in total. The lowest BCUT2D eigenvalue weighted by Gasteiger charge is -1.84. The van der Waals surface area contributed by atoms with Crippen molar-refractivity contribution in [1.29, 1.82) is 0 Å². The van der Waals surface area contributed by atoms with Crippen LogP contribution in [-0.4, -0.2) is 0 Å². The van der Waals surface area contributed by atoms with Gasteiger partial charge in [-0.25, -0.2) is 0 Å². The van der Waals surface area contributed by atoms with Crippen molar-refractivity contribution in [2.75, 3.05) is 0 Å². The van der Waals surface area contributed by atoms with E-state index in [1.54, 1.807) is 6.08 Å². The number of unbranched alkanes of at least 4 members (excludes halogenated alkanes) is 2. The van der Waals surface area contributed by atoms with Crippen LogP contribution in [0.4, 0.5) is 0 Å². The summed E-state index contributed by atoms with van der Waals surface area (Å²) in [5.74, 6) is 0. The Balaban J connectivity index is -0.000000158. The standard InChI is InChI=1S/C7H12.C4H9N.C3H6/c1-3-5-7-6-4-2;1-3-4(2)5;1-3-2/h3-4H,1-2,5-7H2;3H,5H2,1-2H3;3H,1H2,2H3/b;4-3+;. The minimum Gasteiger partial charge on any atom is -0.403 e. The zero-order valence-corrected chi connectivity index (χ0v) is 10.6. The summed E-state index contributed by atoms with van der Waals surface area (Å²) in [6, 6.07) is 0. The molecule has 0 radical (unpaired) electrons. The first kappa shape index (κ1) is 19.4. The zero-order chi connectivity index (χ0) is 12.5. The molecule has 0 aromatic heterocycles. The van der Waals surface area contributed by atoms with Crippen LogP contribution < -0.4 is 5.73 Å². The Morgan fingerprint density at radius 2 is 1.33 bits per heavy atom. The summed E-state index contributed by atoms with van der Waals surface area (Å²) in [5.41, 5.74) is 6.03. The van der Waals surface area contributed by atoms with Gasteiger partial charge in [0.2, 0.25) is 0 Å². The number of allylic oxidation sites excluding steroid dienone is 5. The fourth-order valence-corrected chi connectivity index (χ4v) is 0.407. The molecular weight excluding hydrogens is 182 g/mol. The average molecular weight is 209 g/mol. The van der Waals surface area contributed by atoms with Gasteiger partial charge in [-0.15, -0.1) is 19.7 Å². The summed E-state index contributed by atoms with van der Waals surface area (Å²) >= 11 is 0. The zero-order valence-electron chi connectivity index (χ0n) is 10.6. The summed E-state index contributed by atoms with van der Waals surface area (Å²) in [6.45, 7) is 16.2. The quantitative estimate of drug-likeness (QED) is 0.532. The Hall–Kier alpha value is -1.24. The number of hydrogen-bond acceptors (Lipinski definition) is 1. The topological polar surface area (TPSA) is 26.0 Å². The Labute approximate surface area is 96.1 Å². The van der Waals surface area contributed by atoms with Crippen LogP contribution in [0.25, 0.3) is 0 Å². The summed E-state index contributed by atoms with van der Waals surface area (Å²) in [5, 5.41) is 0. The van der Waals surface area contributed by atoms with E-state index in [0.717, 1.165) is 18.5 Å². The lowest BCUT2D eigenvalue weighted by Crippen LogP contribution is -1.86. The second kappa shape index (κ2) is 23.0. The maximum Gasteiger partial charge on any atom is 0.000552 e. The highest BCUT2D eigenvalue weighted by Crippen LogP contribution is 1.93. The van der Waals surface area contributed by atoms with Gasteiger partial charge in [-0.2, -0.15) is 0 Å². The molecule has 0 saturated heterocycles. The third kappa shape index (κ3) is 65.2. The summed E-state index contributed by atoms with van der Waals surface area (Å²) in [6.07, 6.45) is 10.9. The van der Waals surface area contributed by atoms with Gasteiger partial charge in [0.05, 0.1) is 0 Å². The lowest BCUT2D eigenvalue weighted by molar-refractivity contribution is 0.871. The summed E-state index contributed by atoms with van der Waals surface area (Å²) < 4.78 is 0. The van der Waals surface area contributed by atoms with E-state index in [9.17, 15) is 0 Å². The number of nitrogens with two attached hydrogens (primary N) is 1. The fourth-order valence-electron chi connectivity index (χ4n) is 0.407. The first-order chi connectivity index (χ1) is 7.10. The van der Waals surface area contributed by atoms with Crippen LogP contribution in [0.3, 0.4) is 0 Å². The summed E-state index contributed by atoms with van der Waals surface area (Å²) in [4.78, 5) is 0. The van der Waals surface area contributed by atoms with E-state index in [1.807, 2.05) is 39.0 Å². The fraction of sp³-hybridized carbons (Fsp3) is 0.429. The van der Waals surface area contributed by atoms with Gasteiger partial charge in [-0.3, -0.25) is 0 Å². The molecule has 0 aliphatic rings. The molecule has 0 amide bonds.